The van der Waals surface area contributed by atoms with Crippen LogP contribution >= 0.6 is 0 Å². The molecule has 0 amide bonds. The predicted molar refractivity (Wildman–Crippen MR) is 88.8 cm³/mol. The Hall–Kier alpha value is -1.14. The second kappa shape index (κ2) is 8.11. The van der Waals surface area contributed by atoms with Crippen LogP contribution < -0.4 is 5.73 Å². The molecule has 23 heavy (non-hydrogen) atoms. The van der Waals surface area contributed by atoms with E-state index >= 15 is 0 Å². The first kappa shape index (κ1) is 21.9. The van der Waals surface area contributed by atoms with Gasteiger partial charge < -0.3 is 20.7 Å². The van der Waals surface area contributed by atoms with E-state index in [9.17, 15) is 14.7 Å². The van der Waals surface area contributed by atoms with E-state index in [2.05, 4.69) is 0 Å². The van der Waals surface area contributed by atoms with Crippen LogP contribution in [0.3, 0.4) is 0 Å². The molecular formula is C17H33NO5. The fourth-order valence-corrected chi connectivity index (χ4v) is 2.03. The van der Waals surface area contributed by atoms with Gasteiger partial charge in [-0.15, -0.1) is 0 Å². The fraction of sp³-hybridized carbons (Fsp3) is 0.882. The number of carboxylic acid groups (broad SMARTS) is 1. The van der Waals surface area contributed by atoms with Gasteiger partial charge in [-0.1, -0.05) is 34.6 Å². The largest absolute Gasteiger partial charge is 0.481 e. The predicted octanol–water partition coefficient (Wildman–Crippen LogP) is 2.18. The number of hydrogen-bond acceptors (Lipinski definition) is 5. The number of carbonyl (C=O) groups is 2. The van der Waals surface area contributed by atoms with Crippen LogP contribution in [0.15, 0.2) is 0 Å². The number of ether oxygens (including phenoxy) is 1. The Labute approximate surface area is 139 Å². The van der Waals surface area contributed by atoms with Crippen LogP contribution in [0.25, 0.3) is 0 Å². The highest BCUT2D eigenvalue weighted by atomic mass is 16.5. The van der Waals surface area contributed by atoms with E-state index in [1.807, 2.05) is 20.8 Å². The summed E-state index contributed by atoms with van der Waals surface area (Å²) in [5.74, 6) is -1.49. The van der Waals surface area contributed by atoms with Crippen molar-refractivity contribution in [3.05, 3.63) is 0 Å². The molecule has 0 fully saturated rings. The van der Waals surface area contributed by atoms with Gasteiger partial charge in [0.05, 0.1) is 18.9 Å². The highest BCUT2D eigenvalue weighted by molar-refractivity contribution is 5.72. The van der Waals surface area contributed by atoms with Gasteiger partial charge in [0.1, 0.15) is 6.10 Å². The molecule has 0 aromatic carbocycles. The smallest absolute Gasteiger partial charge is 0.308 e. The van der Waals surface area contributed by atoms with Crippen molar-refractivity contribution in [3.63, 3.8) is 0 Å². The van der Waals surface area contributed by atoms with Crippen LogP contribution in [0.4, 0.5) is 0 Å². The summed E-state index contributed by atoms with van der Waals surface area (Å²) in [6.07, 6.45) is -2.16. The molecule has 0 aliphatic rings. The van der Waals surface area contributed by atoms with E-state index in [0.717, 1.165) is 0 Å². The maximum absolute atomic E-state index is 12.1. The fourth-order valence-electron chi connectivity index (χ4n) is 2.03. The minimum atomic E-state index is -1.06. The monoisotopic (exact) mass is 331 g/mol. The van der Waals surface area contributed by atoms with Gasteiger partial charge in [0.25, 0.3) is 0 Å². The quantitative estimate of drug-likeness (QED) is 0.559. The van der Waals surface area contributed by atoms with Crippen molar-refractivity contribution >= 4 is 11.9 Å². The summed E-state index contributed by atoms with van der Waals surface area (Å²) in [5, 5.41) is 19.2. The van der Waals surface area contributed by atoms with Crippen molar-refractivity contribution in [1.82, 2.24) is 0 Å². The Balaban J connectivity index is 5.05. The molecule has 136 valence electrons. The van der Waals surface area contributed by atoms with E-state index in [1.54, 1.807) is 27.7 Å². The maximum atomic E-state index is 12.1. The number of aliphatic carboxylic acids is 1. The molecule has 0 aromatic rings. The van der Waals surface area contributed by atoms with E-state index < -0.39 is 35.1 Å². The van der Waals surface area contributed by atoms with Gasteiger partial charge >= 0.3 is 11.9 Å². The van der Waals surface area contributed by atoms with Gasteiger partial charge in [0, 0.05) is 11.0 Å². The van der Waals surface area contributed by atoms with Crippen LogP contribution in [0.1, 0.15) is 61.3 Å². The van der Waals surface area contributed by atoms with Gasteiger partial charge in [-0.25, -0.2) is 0 Å². The summed E-state index contributed by atoms with van der Waals surface area (Å²) in [4.78, 5) is 23.2. The number of carboxylic acids is 1. The molecule has 6 heteroatoms. The zero-order chi connectivity index (χ0) is 18.6. The van der Waals surface area contributed by atoms with Crippen molar-refractivity contribution in [2.75, 3.05) is 0 Å². The maximum Gasteiger partial charge on any atom is 0.308 e. The molecule has 0 saturated heterocycles. The molecule has 0 radical (unpaired) electrons. The van der Waals surface area contributed by atoms with Crippen molar-refractivity contribution in [3.8, 4) is 0 Å². The van der Waals surface area contributed by atoms with Gasteiger partial charge in [0.2, 0.25) is 0 Å². The van der Waals surface area contributed by atoms with Crippen LogP contribution in [0.2, 0.25) is 0 Å². The normalized spacial score (nSPS) is 16.8. The SMILES string of the molecule is CC(C)C(C)C(O)CC(=O)OC(CC(=O)O)C(C)(C)C(C)(C)N. The standard InChI is InChI=1S/C17H33NO5/c1-10(2)11(3)12(19)8-15(22)23-13(9-14(20)21)16(4,5)17(6,7)18/h10-13,19H,8-9,18H2,1-7H3,(H,20,21). The molecule has 0 rings (SSSR count). The summed E-state index contributed by atoms with van der Waals surface area (Å²) in [6.45, 7) is 12.9. The lowest BCUT2D eigenvalue weighted by Crippen LogP contribution is -2.55. The third kappa shape index (κ3) is 6.47. The van der Waals surface area contributed by atoms with Gasteiger partial charge in [-0.3, -0.25) is 9.59 Å². The summed E-state index contributed by atoms with van der Waals surface area (Å²) in [5.41, 5.74) is 4.64. The number of hydrogen-bond donors (Lipinski definition) is 3. The topological polar surface area (TPSA) is 110 Å². The number of rotatable bonds is 9. The molecule has 0 heterocycles. The Kier molecular flexibility index (Phi) is 7.70. The first-order valence-corrected chi connectivity index (χ1v) is 8.08. The van der Waals surface area contributed by atoms with Crippen molar-refractivity contribution in [2.45, 2.75) is 79.1 Å². The lowest BCUT2D eigenvalue weighted by atomic mass is 9.70. The van der Waals surface area contributed by atoms with Crippen LogP contribution in [-0.2, 0) is 14.3 Å². The average molecular weight is 331 g/mol. The molecule has 0 aliphatic carbocycles. The first-order chi connectivity index (χ1) is 10.2. The van der Waals surface area contributed by atoms with E-state index in [0.29, 0.717) is 0 Å². The lowest BCUT2D eigenvalue weighted by molar-refractivity contribution is -0.165. The van der Waals surface area contributed by atoms with Crippen molar-refractivity contribution < 1.29 is 24.5 Å². The van der Waals surface area contributed by atoms with E-state index in [4.69, 9.17) is 15.6 Å². The number of aliphatic hydroxyl groups excluding tert-OH is 1. The molecule has 6 nitrogen and oxygen atoms in total. The number of carbonyl (C=O) groups excluding carboxylic acids is 1. The molecular weight excluding hydrogens is 298 g/mol. The number of aliphatic hydroxyl groups is 1. The third-order valence-electron chi connectivity index (χ3n) is 5.13. The second-order valence-electron chi connectivity index (χ2n) is 7.89. The molecule has 0 aromatic heterocycles. The van der Waals surface area contributed by atoms with Crippen molar-refractivity contribution in [1.29, 1.82) is 0 Å². The summed E-state index contributed by atoms with van der Waals surface area (Å²) >= 11 is 0. The molecule has 3 atom stereocenters. The second-order valence-corrected chi connectivity index (χ2v) is 7.89. The molecule has 4 N–H and O–H groups in total. The van der Waals surface area contributed by atoms with Gasteiger partial charge in [0.15, 0.2) is 0 Å². The number of esters is 1. The van der Waals surface area contributed by atoms with Crippen LogP contribution in [0.5, 0.6) is 0 Å². The average Bonchev–Trinajstić information content (AvgIpc) is 2.34. The Morgan fingerprint density at radius 3 is 1.91 bits per heavy atom. The van der Waals surface area contributed by atoms with Crippen LogP contribution in [0, 0.1) is 17.3 Å². The third-order valence-corrected chi connectivity index (χ3v) is 5.13. The minimum absolute atomic E-state index is 0.0561. The molecule has 0 bridgehead atoms. The van der Waals surface area contributed by atoms with E-state index in [1.165, 1.54) is 0 Å². The van der Waals surface area contributed by atoms with Crippen LogP contribution in [-0.4, -0.2) is 39.9 Å². The van der Waals surface area contributed by atoms with E-state index in [-0.39, 0.29) is 24.7 Å². The van der Waals surface area contributed by atoms with Gasteiger partial charge in [-0.2, -0.15) is 0 Å². The summed E-state index contributed by atoms with van der Waals surface area (Å²) in [6, 6.07) is 0. The lowest BCUT2D eigenvalue weighted by Gasteiger charge is -2.43. The number of nitrogens with two attached hydrogens (primary N) is 1. The molecule has 0 spiro atoms. The Morgan fingerprint density at radius 1 is 1.09 bits per heavy atom. The van der Waals surface area contributed by atoms with Gasteiger partial charge in [-0.05, 0) is 25.7 Å². The zero-order valence-corrected chi connectivity index (χ0v) is 15.4. The highest BCUT2D eigenvalue weighted by Crippen LogP contribution is 2.36. The zero-order valence-electron chi connectivity index (χ0n) is 15.4. The first-order valence-electron chi connectivity index (χ1n) is 8.08. The highest BCUT2D eigenvalue weighted by Gasteiger charge is 2.44. The molecule has 0 aliphatic heterocycles. The van der Waals surface area contributed by atoms with Crippen molar-refractivity contribution in [2.24, 2.45) is 23.0 Å². The Bertz CT molecular complexity index is 412. The Morgan fingerprint density at radius 2 is 1.57 bits per heavy atom. The summed E-state index contributed by atoms with van der Waals surface area (Å²) < 4.78 is 5.39. The summed E-state index contributed by atoms with van der Waals surface area (Å²) in [7, 11) is 0. The molecule has 3 unspecified atom stereocenters. The minimum Gasteiger partial charge on any atom is -0.481 e. The molecule has 0 saturated carbocycles.